The highest BCUT2D eigenvalue weighted by Crippen LogP contribution is 2.10. The first-order valence-corrected chi connectivity index (χ1v) is 1.71. The molecule has 0 spiro atoms. The molecular weight excluding hydrogens is 72.1 g/mol. The molecule has 1 aliphatic heterocycles. The average molecular weight is 76.1 g/mol. The zero-order valence-electron chi connectivity index (χ0n) is 2.14. The second-order valence-corrected chi connectivity index (χ2v) is 1.36. The summed E-state index contributed by atoms with van der Waals surface area (Å²) in [7, 11) is 0. The minimum Gasteiger partial charge on any atom is -0.362 e. The van der Waals surface area contributed by atoms with E-state index in [2.05, 4.69) is 17.4 Å². The smallest absolute Gasteiger partial charge is 0.124 e. The number of hydrogen-bond donors (Lipinski definition) is 1. The Balaban J connectivity index is 2.17. The maximum absolute atomic E-state index is 4.57. The van der Waals surface area contributed by atoms with Gasteiger partial charge >= 0.3 is 0 Å². The van der Waals surface area contributed by atoms with Crippen LogP contribution in [0.15, 0.2) is 0 Å². The second kappa shape index (κ2) is 0.626. The zero-order valence-corrected chi connectivity index (χ0v) is 3.03. The van der Waals surface area contributed by atoms with E-state index in [-0.39, 0.29) is 5.44 Å². The van der Waals surface area contributed by atoms with E-state index in [1.54, 1.807) is 0 Å². The Morgan fingerprint density at radius 1 is 2.00 bits per heavy atom. The summed E-state index contributed by atoms with van der Waals surface area (Å²) < 4.78 is 4.57. The minimum absolute atomic E-state index is 0.278. The Hall–Kier alpha value is 0.310. The lowest BCUT2D eigenvalue weighted by molar-refractivity contribution is 0.461. The molecule has 1 nitrogen and oxygen atoms in total. The highest BCUT2D eigenvalue weighted by Gasteiger charge is 2.14. The maximum atomic E-state index is 4.57. The normalized spacial score (nSPS) is 39.8. The number of hydrogen-bond acceptors (Lipinski definition) is 2. The van der Waals surface area contributed by atoms with Crippen LogP contribution in [-0.2, 0) is 4.74 Å². The molecule has 1 atom stereocenters. The third-order valence-corrected chi connectivity index (χ3v) is 0.614. The van der Waals surface area contributed by atoms with Gasteiger partial charge in [0.25, 0.3) is 0 Å². The Morgan fingerprint density at radius 2 is 2.25 bits per heavy atom. The van der Waals surface area contributed by atoms with Gasteiger partial charge in [-0.2, -0.15) is 0 Å². The van der Waals surface area contributed by atoms with Gasteiger partial charge < -0.3 is 4.74 Å². The van der Waals surface area contributed by atoms with Crippen LogP contribution in [0, 0.1) is 0 Å². The molecule has 0 saturated carbocycles. The molecule has 24 valence electrons. The van der Waals surface area contributed by atoms with E-state index in [0.717, 1.165) is 6.61 Å². The van der Waals surface area contributed by atoms with Gasteiger partial charge in [-0.05, 0) is 0 Å². The van der Waals surface area contributed by atoms with Gasteiger partial charge in [-0.25, -0.2) is 0 Å². The Bertz CT molecular complexity index is 25.2. The van der Waals surface area contributed by atoms with Gasteiger partial charge in [0.1, 0.15) is 5.44 Å². The van der Waals surface area contributed by atoms with Crippen LogP contribution in [-0.4, -0.2) is 12.0 Å². The number of thiol groups is 1. The molecule has 1 fully saturated rings. The van der Waals surface area contributed by atoms with Gasteiger partial charge in [-0.1, -0.05) is 0 Å². The largest absolute Gasteiger partial charge is 0.362 e. The predicted octanol–water partition coefficient (Wildman–Crippen LogP) is 0.273. The van der Waals surface area contributed by atoms with Crippen molar-refractivity contribution < 1.29 is 4.74 Å². The van der Waals surface area contributed by atoms with E-state index >= 15 is 0 Å². The van der Waals surface area contributed by atoms with Gasteiger partial charge in [-0.15, -0.1) is 12.6 Å². The van der Waals surface area contributed by atoms with Crippen molar-refractivity contribution in [1.82, 2.24) is 0 Å². The molecule has 0 aromatic carbocycles. The van der Waals surface area contributed by atoms with E-state index in [4.69, 9.17) is 0 Å². The molecule has 0 aromatic rings. The minimum atomic E-state index is 0.278. The molecule has 1 aliphatic rings. The van der Waals surface area contributed by atoms with Crippen molar-refractivity contribution in [3.8, 4) is 0 Å². The van der Waals surface area contributed by atoms with E-state index in [0.29, 0.717) is 0 Å². The summed E-state index contributed by atoms with van der Waals surface area (Å²) in [5.41, 5.74) is 0.278. The van der Waals surface area contributed by atoms with Crippen LogP contribution in [0.5, 0.6) is 0 Å². The van der Waals surface area contributed by atoms with Crippen LogP contribution in [0.2, 0.25) is 0 Å². The summed E-state index contributed by atoms with van der Waals surface area (Å²) in [6, 6.07) is 0. The molecule has 0 aromatic heterocycles. The SMILES string of the molecule is S[C@@H]1CO1. The summed E-state index contributed by atoms with van der Waals surface area (Å²) >= 11 is 3.85. The van der Waals surface area contributed by atoms with Gasteiger partial charge in [0.05, 0.1) is 6.61 Å². The number of epoxide rings is 1. The first kappa shape index (κ1) is 2.54. The lowest BCUT2D eigenvalue weighted by atomic mass is 11.0. The quantitative estimate of drug-likeness (QED) is 0.323. The Kier molecular flexibility index (Phi) is 0.398. The van der Waals surface area contributed by atoms with E-state index < -0.39 is 0 Å². The fraction of sp³-hybridized carbons (Fsp3) is 1.00. The lowest BCUT2D eigenvalue weighted by Crippen LogP contribution is -1.51. The summed E-state index contributed by atoms with van der Waals surface area (Å²) in [4.78, 5) is 0. The highest BCUT2D eigenvalue weighted by atomic mass is 32.1. The molecule has 2 heteroatoms. The Labute approximate surface area is 30.4 Å². The molecular formula is C2H4OS. The summed E-state index contributed by atoms with van der Waals surface area (Å²) in [6.45, 7) is 0.850. The van der Waals surface area contributed by atoms with E-state index in [9.17, 15) is 0 Å². The van der Waals surface area contributed by atoms with Crippen molar-refractivity contribution in [3.63, 3.8) is 0 Å². The molecule has 0 unspecified atom stereocenters. The molecule has 0 amide bonds. The molecule has 0 bridgehead atoms. The summed E-state index contributed by atoms with van der Waals surface area (Å²) in [5.74, 6) is 0. The molecule has 0 radical (unpaired) electrons. The van der Waals surface area contributed by atoms with Crippen LogP contribution in [0.3, 0.4) is 0 Å². The zero-order chi connectivity index (χ0) is 2.99. The fourth-order valence-corrected chi connectivity index (χ4v) is 0.129. The molecule has 0 aliphatic carbocycles. The van der Waals surface area contributed by atoms with Gasteiger partial charge in [0.15, 0.2) is 0 Å². The fourth-order valence-electron chi connectivity index (χ4n) is 0.0430. The standard InChI is InChI=1S/C2H4OS/c4-2-1-3-2/h2,4H,1H2/t2-/m1/s1. The molecule has 4 heavy (non-hydrogen) atoms. The maximum Gasteiger partial charge on any atom is 0.124 e. The predicted molar refractivity (Wildman–Crippen MR) is 18.7 cm³/mol. The van der Waals surface area contributed by atoms with Crippen LogP contribution < -0.4 is 0 Å². The van der Waals surface area contributed by atoms with Crippen LogP contribution in [0.4, 0.5) is 0 Å². The lowest BCUT2D eigenvalue weighted by Gasteiger charge is -1.51. The number of rotatable bonds is 0. The van der Waals surface area contributed by atoms with Crippen molar-refractivity contribution in [2.45, 2.75) is 5.44 Å². The van der Waals surface area contributed by atoms with Crippen LogP contribution in [0.25, 0.3) is 0 Å². The van der Waals surface area contributed by atoms with E-state index in [1.807, 2.05) is 0 Å². The first-order chi connectivity index (χ1) is 1.89. The highest BCUT2D eigenvalue weighted by molar-refractivity contribution is 7.81. The number of ether oxygens (including phenoxy) is 1. The first-order valence-electron chi connectivity index (χ1n) is 1.19. The molecule has 1 saturated heterocycles. The van der Waals surface area contributed by atoms with Crippen LogP contribution in [0.1, 0.15) is 0 Å². The van der Waals surface area contributed by atoms with Crippen molar-refractivity contribution in [3.05, 3.63) is 0 Å². The monoisotopic (exact) mass is 76.0 g/mol. The van der Waals surface area contributed by atoms with Gasteiger partial charge in [0.2, 0.25) is 0 Å². The summed E-state index contributed by atoms with van der Waals surface area (Å²) in [6.07, 6.45) is 0. The Morgan fingerprint density at radius 3 is 2.25 bits per heavy atom. The van der Waals surface area contributed by atoms with Gasteiger partial charge in [0, 0.05) is 0 Å². The third kappa shape index (κ3) is 0.362. The third-order valence-electron chi connectivity index (χ3n) is 0.316. The van der Waals surface area contributed by atoms with Crippen LogP contribution >= 0.6 is 12.6 Å². The average Bonchev–Trinajstić information content (AvgIpc) is 1.75. The van der Waals surface area contributed by atoms with Crippen molar-refractivity contribution in [1.29, 1.82) is 0 Å². The molecule has 0 N–H and O–H groups in total. The van der Waals surface area contributed by atoms with E-state index in [1.165, 1.54) is 0 Å². The summed E-state index contributed by atoms with van der Waals surface area (Å²) in [5, 5.41) is 0. The van der Waals surface area contributed by atoms with Gasteiger partial charge in [-0.3, -0.25) is 0 Å². The topological polar surface area (TPSA) is 12.5 Å². The van der Waals surface area contributed by atoms with Crippen molar-refractivity contribution in [2.24, 2.45) is 0 Å². The molecule has 1 rings (SSSR count). The second-order valence-electron chi connectivity index (χ2n) is 0.788. The van der Waals surface area contributed by atoms with Crippen molar-refractivity contribution in [2.75, 3.05) is 6.61 Å². The molecule has 1 heterocycles. The van der Waals surface area contributed by atoms with Crippen molar-refractivity contribution >= 4 is 12.6 Å².